The van der Waals surface area contributed by atoms with E-state index >= 15 is 0 Å². The summed E-state index contributed by atoms with van der Waals surface area (Å²) in [6.45, 7) is 2.45. The lowest BCUT2D eigenvalue weighted by Gasteiger charge is -2.39. The number of anilines is 1. The van der Waals surface area contributed by atoms with Crippen molar-refractivity contribution in [2.24, 2.45) is 0 Å². The maximum absolute atomic E-state index is 14.3. The number of hydrazine groups is 1. The molecule has 206 valence electrons. The Hall–Kier alpha value is -3.01. The highest BCUT2D eigenvalue weighted by Crippen LogP contribution is 2.35. The highest BCUT2D eigenvalue weighted by Gasteiger charge is 2.35. The van der Waals surface area contributed by atoms with E-state index in [2.05, 4.69) is 15.0 Å². The summed E-state index contributed by atoms with van der Waals surface area (Å²) in [6.07, 6.45) is 0.441. The number of para-hydroxylation sites is 1. The lowest BCUT2D eigenvalue weighted by molar-refractivity contribution is 0.00171. The Bertz CT molecular complexity index is 1410. The fourth-order valence-corrected chi connectivity index (χ4v) is 5.42. The Morgan fingerprint density at radius 1 is 1.08 bits per heavy atom. The number of hydrogen-bond donors (Lipinski definition) is 0. The molecule has 1 atom stereocenters. The van der Waals surface area contributed by atoms with Gasteiger partial charge in [-0.15, -0.1) is 4.41 Å². The third kappa shape index (κ3) is 5.02. The second-order valence-electron chi connectivity index (χ2n) is 9.20. The molecule has 3 aromatic rings. The van der Waals surface area contributed by atoms with Gasteiger partial charge in [-0.05, 0) is 25.0 Å². The van der Waals surface area contributed by atoms with Crippen molar-refractivity contribution >= 4 is 27.0 Å². The molecular formula is C23H30F2N8O4S. The molecule has 4 heterocycles. The number of hydrogen-bond acceptors (Lipinski definition) is 10. The van der Waals surface area contributed by atoms with E-state index in [-0.39, 0.29) is 11.5 Å². The molecule has 0 bridgehead atoms. The molecule has 0 amide bonds. The first-order valence-electron chi connectivity index (χ1n) is 12.3. The molecule has 1 aromatic carbocycles. The molecule has 0 aliphatic carbocycles. The molecule has 12 nitrogen and oxygen atoms in total. The molecule has 2 aromatic heterocycles. The van der Waals surface area contributed by atoms with E-state index in [1.165, 1.54) is 23.1 Å². The van der Waals surface area contributed by atoms with Crippen molar-refractivity contribution in [1.29, 1.82) is 0 Å². The van der Waals surface area contributed by atoms with E-state index in [0.717, 1.165) is 19.1 Å². The van der Waals surface area contributed by atoms with Crippen LogP contribution < -0.4 is 9.64 Å². The van der Waals surface area contributed by atoms with Gasteiger partial charge in [0.2, 0.25) is 21.9 Å². The van der Waals surface area contributed by atoms with Crippen LogP contribution in [0.4, 0.5) is 14.7 Å². The number of aromatic nitrogens is 5. The van der Waals surface area contributed by atoms with Crippen molar-refractivity contribution in [1.82, 2.24) is 33.9 Å². The Balaban J connectivity index is 1.71. The number of piperidine rings is 1. The summed E-state index contributed by atoms with van der Waals surface area (Å²) in [5.74, 6) is 0.417. The number of alkyl halides is 2. The Labute approximate surface area is 219 Å². The molecule has 0 unspecified atom stereocenters. The molecule has 2 saturated heterocycles. The van der Waals surface area contributed by atoms with Crippen molar-refractivity contribution < 1.29 is 26.7 Å². The number of morpholine rings is 1. The van der Waals surface area contributed by atoms with Crippen molar-refractivity contribution in [2.75, 3.05) is 58.2 Å². The molecule has 2 aliphatic heterocycles. The minimum absolute atomic E-state index is 0.0184. The molecule has 0 N–H and O–H groups in total. The summed E-state index contributed by atoms with van der Waals surface area (Å²) in [7, 11) is -0.612. The van der Waals surface area contributed by atoms with Crippen LogP contribution in [0.15, 0.2) is 18.2 Å². The number of nitrogens with zero attached hydrogens (tertiary/aromatic N) is 8. The second-order valence-corrected chi connectivity index (χ2v) is 11.2. The van der Waals surface area contributed by atoms with Crippen LogP contribution in [-0.4, -0.2) is 95.6 Å². The summed E-state index contributed by atoms with van der Waals surface area (Å²) in [5, 5.41) is 1.71. The smallest absolute Gasteiger partial charge is 0.296 e. The number of methoxy groups -OCH3 is 1. The van der Waals surface area contributed by atoms with Gasteiger partial charge in [-0.3, -0.25) is 4.57 Å². The summed E-state index contributed by atoms with van der Waals surface area (Å²) >= 11 is 0. The van der Waals surface area contributed by atoms with Crippen molar-refractivity contribution in [3.05, 3.63) is 29.8 Å². The normalized spacial score (nSPS) is 19.6. The molecule has 0 spiro atoms. The number of ether oxygens (including phenoxy) is 2. The van der Waals surface area contributed by atoms with Gasteiger partial charge in [0, 0.05) is 26.7 Å². The van der Waals surface area contributed by atoms with Crippen LogP contribution >= 0.6 is 0 Å². The molecule has 2 aliphatic rings. The topological polar surface area (TPSA) is 119 Å². The molecule has 2 fully saturated rings. The monoisotopic (exact) mass is 552 g/mol. The second kappa shape index (κ2) is 10.6. The highest BCUT2D eigenvalue weighted by atomic mass is 32.2. The van der Waals surface area contributed by atoms with Crippen molar-refractivity contribution in [2.45, 2.75) is 31.7 Å². The highest BCUT2D eigenvalue weighted by molar-refractivity contribution is 7.88. The zero-order valence-electron chi connectivity index (χ0n) is 21.4. The molecule has 5 rings (SSSR count). The van der Waals surface area contributed by atoms with E-state index in [1.807, 2.05) is 4.90 Å². The SMILES string of the molecule is COc1cccc2c1nc(C(F)F)n2-c1nc([C@@H]2CCCCN2N(C)S(C)(=O)=O)nc(N2CCOCC2)n1. The standard InChI is InChI=1S/C23H30F2N8O4S/c1-30(38(3,34)35)32-10-5-4-7-16(32)20-27-22(31-11-13-37-14-12-31)29-23(28-20)33-15-8-6-9-17(36-2)18(15)26-21(33)19(24)25/h6,8-9,16,19H,4-5,7,10-14H2,1-3H3/t16-/m0/s1. The van der Waals surface area contributed by atoms with Crippen LogP contribution in [0.1, 0.15) is 43.4 Å². The van der Waals surface area contributed by atoms with Gasteiger partial charge in [0.05, 0.1) is 38.1 Å². The van der Waals surface area contributed by atoms with Crippen LogP contribution in [-0.2, 0) is 14.8 Å². The van der Waals surface area contributed by atoms with Gasteiger partial charge in [0.15, 0.2) is 11.6 Å². The van der Waals surface area contributed by atoms with Gasteiger partial charge in [-0.1, -0.05) is 12.5 Å². The van der Waals surface area contributed by atoms with Gasteiger partial charge in [-0.25, -0.2) is 27.2 Å². The van der Waals surface area contributed by atoms with Crippen molar-refractivity contribution in [3.8, 4) is 11.7 Å². The minimum Gasteiger partial charge on any atom is -0.494 e. The van der Waals surface area contributed by atoms with Crippen LogP contribution in [0.2, 0.25) is 0 Å². The summed E-state index contributed by atoms with van der Waals surface area (Å²) in [5.41, 5.74) is 0.620. The number of rotatable bonds is 7. The van der Waals surface area contributed by atoms with E-state index in [1.54, 1.807) is 23.2 Å². The fourth-order valence-electron chi connectivity index (χ4n) is 4.84. The molecule has 15 heteroatoms. The Morgan fingerprint density at radius 3 is 2.50 bits per heavy atom. The van der Waals surface area contributed by atoms with Crippen molar-refractivity contribution in [3.63, 3.8) is 0 Å². The number of benzene rings is 1. The van der Waals surface area contributed by atoms with Gasteiger partial charge in [-0.2, -0.15) is 15.0 Å². The van der Waals surface area contributed by atoms with Gasteiger partial charge < -0.3 is 14.4 Å². The minimum atomic E-state index is -3.55. The summed E-state index contributed by atoms with van der Waals surface area (Å²) in [4.78, 5) is 20.1. The van der Waals surface area contributed by atoms with Gasteiger partial charge in [0.25, 0.3) is 6.43 Å². The average molecular weight is 553 g/mol. The van der Waals surface area contributed by atoms with E-state index in [4.69, 9.17) is 14.5 Å². The predicted octanol–water partition coefficient (Wildman–Crippen LogP) is 2.33. The van der Waals surface area contributed by atoms with Gasteiger partial charge >= 0.3 is 0 Å². The zero-order chi connectivity index (χ0) is 27.0. The first-order valence-corrected chi connectivity index (χ1v) is 14.2. The van der Waals surface area contributed by atoms with Crippen LogP contribution in [0.25, 0.3) is 17.0 Å². The number of sulfonamides is 1. The van der Waals surface area contributed by atoms with E-state index < -0.39 is 28.3 Å². The van der Waals surface area contributed by atoms with E-state index in [0.29, 0.717) is 62.3 Å². The molecule has 38 heavy (non-hydrogen) atoms. The first kappa shape index (κ1) is 26.6. The number of halogens is 2. The quantitative estimate of drug-likeness (QED) is 0.432. The average Bonchev–Trinajstić information content (AvgIpc) is 3.33. The zero-order valence-corrected chi connectivity index (χ0v) is 22.2. The Kier molecular flexibility index (Phi) is 7.44. The third-order valence-corrected chi connectivity index (χ3v) is 8.00. The molecule has 0 radical (unpaired) electrons. The van der Waals surface area contributed by atoms with Gasteiger partial charge in [0.1, 0.15) is 11.3 Å². The van der Waals surface area contributed by atoms with E-state index in [9.17, 15) is 17.2 Å². The maximum Gasteiger partial charge on any atom is 0.296 e. The number of fused-ring (bicyclic) bond motifs is 1. The Morgan fingerprint density at radius 2 is 1.82 bits per heavy atom. The van der Waals surface area contributed by atoms with Crippen LogP contribution in [0.3, 0.4) is 0 Å². The lowest BCUT2D eigenvalue weighted by Crippen LogP contribution is -2.48. The lowest BCUT2D eigenvalue weighted by atomic mass is 10.0. The predicted molar refractivity (Wildman–Crippen MR) is 135 cm³/mol. The summed E-state index contributed by atoms with van der Waals surface area (Å²) < 4.78 is 66.6. The molecule has 0 saturated carbocycles. The van der Waals surface area contributed by atoms with Crippen LogP contribution in [0.5, 0.6) is 5.75 Å². The first-order chi connectivity index (χ1) is 18.2. The fraction of sp³-hybridized carbons (Fsp3) is 0.565. The summed E-state index contributed by atoms with van der Waals surface area (Å²) in [6, 6.07) is 4.49. The largest absolute Gasteiger partial charge is 0.494 e. The maximum atomic E-state index is 14.3. The van der Waals surface area contributed by atoms with Crippen LogP contribution in [0, 0.1) is 0 Å². The third-order valence-electron chi connectivity index (χ3n) is 6.83. The number of imidazole rings is 1. The molecular weight excluding hydrogens is 522 g/mol.